The molecule has 0 spiro atoms. The SMILES string of the molecule is CC1=CC(=O)[C@]23CC[C@H](C)[C@]12CCCC3(C)C. The first-order valence-corrected chi connectivity index (χ1v) is 7.12. The molecule has 0 N–H and O–H groups in total. The average molecular weight is 232 g/mol. The molecular formula is C16H24O. The van der Waals surface area contributed by atoms with Crippen LogP contribution >= 0.6 is 0 Å². The number of ketones is 1. The molecule has 3 atom stereocenters. The maximum Gasteiger partial charge on any atom is 0.163 e. The molecule has 3 rings (SSSR count). The lowest BCUT2D eigenvalue weighted by Crippen LogP contribution is -2.54. The van der Waals surface area contributed by atoms with Gasteiger partial charge < -0.3 is 0 Å². The summed E-state index contributed by atoms with van der Waals surface area (Å²) in [5.74, 6) is 1.13. The van der Waals surface area contributed by atoms with Crippen LogP contribution in [0.1, 0.15) is 59.8 Å². The Balaban J connectivity index is 2.26. The van der Waals surface area contributed by atoms with Crippen molar-refractivity contribution >= 4 is 5.78 Å². The van der Waals surface area contributed by atoms with Crippen LogP contribution in [0.5, 0.6) is 0 Å². The minimum atomic E-state index is -0.0538. The van der Waals surface area contributed by atoms with Crippen molar-refractivity contribution in [3.63, 3.8) is 0 Å². The molecule has 3 aliphatic carbocycles. The van der Waals surface area contributed by atoms with Crippen LogP contribution in [0.2, 0.25) is 0 Å². The van der Waals surface area contributed by atoms with Crippen LogP contribution in [0, 0.1) is 22.2 Å². The molecule has 0 aromatic rings. The van der Waals surface area contributed by atoms with E-state index in [1.54, 1.807) is 0 Å². The van der Waals surface area contributed by atoms with Gasteiger partial charge in [-0.3, -0.25) is 4.79 Å². The van der Waals surface area contributed by atoms with Crippen molar-refractivity contribution in [3.05, 3.63) is 11.6 Å². The quantitative estimate of drug-likeness (QED) is 0.614. The molecule has 0 saturated heterocycles. The zero-order chi connectivity index (χ0) is 12.5. The molecule has 2 fully saturated rings. The summed E-state index contributed by atoms with van der Waals surface area (Å²) in [5.41, 5.74) is 1.73. The minimum absolute atomic E-state index is 0.0538. The fourth-order valence-corrected chi connectivity index (χ4v) is 5.80. The molecule has 1 nitrogen and oxygen atoms in total. The molecule has 3 aliphatic rings. The number of carbonyl (C=O) groups excluding carboxylic acids is 1. The second kappa shape index (κ2) is 3.05. The first-order chi connectivity index (χ1) is 7.88. The van der Waals surface area contributed by atoms with Crippen LogP contribution in [0.4, 0.5) is 0 Å². The average Bonchev–Trinajstić information content (AvgIpc) is 2.66. The highest BCUT2D eigenvalue weighted by atomic mass is 16.1. The Labute approximate surface area is 105 Å². The van der Waals surface area contributed by atoms with E-state index in [0.29, 0.717) is 11.7 Å². The molecule has 0 aromatic carbocycles. The van der Waals surface area contributed by atoms with Crippen molar-refractivity contribution in [2.45, 2.75) is 59.8 Å². The lowest BCUT2D eigenvalue weighted by atomic mass is 9.46. The molecule has 1 heteroatoms. The van der Waals surface area contributed by atoms with Gasteiger partial charge in [0.25, 0.3) is 0 Å². The molecule has 2 saturated carbocycles. The lowest BCUT2D eigenvalue weighted by Gasteiger charge is -2.56. The maximum absolute atomic E-state index is 12.7. The van der Waals surface area contributed by atoms with Crippen molar-refractivity contribution in [1.29, 1.82) is 0 Å². The lowest BCUT2D eigenvalue weighted by molar-refractivity contribution is -0.144. The third-order valence-corrected chi connectivity index (χ3v) is 6.56. The summed E-state index contributed by atoms with van der Waals surface area (Å²) < 4.78 is 0. The number of allylic oxidation sites excluding steroid dienone is 2. The summed E-state index contributed by atoms with van der Waals surface area (Å²) in [6.07, 6.45) is 8.09. The zero-order valence-electron chi connectivity index (χ0n) is 11.6. The van der Waals surface area contributed by atoms with Crippen LogP contribution in [0.3, 0.4) is 0 Å². The molecule has 0 bridgehead atoms. The maximum atomic E-state index is 12.7. The predicted molar refractivity (Wildman–Crippen MR) is 69.7 cm³/mol. The third kappa shape index (κ3) is 0.971. The first kappa shape index (κ1) is 11.5. The molecule has 0 aromatic heterocycles. The highest BCUT2D eigenvalue weighted by Gasteiger charge is 2.71. The van der Waals surface area contributed by atoms with E-state index in [1.165, 1.54) is 31.3 Å². The Bertz CT molecular complexity index is 417. The van der Waals surface area contributed by atoms with E-state index in [0.717, 1.165) is 6.42 Å². The monoisotopic (exact) mass is 232 g/mol. The highest BCUT2D eigenvalue weighted by molar-refractivity contribution is 6.01. The van der Waals surface area contributed by atoms with E-state index >= 15 is 0 Å². The first-order valence-electron chi connectivity index (χ1n) is 7.12. The van der Waals surface area contributed by atoms with Gasteiger partial charge in [0.1, 0.15) is 0 Å². The molecule has 0 radical (unpaired) electrons. The Morgan fingerprint density at radius 2 is 1.94 bits per heavy atom. The number of rotatable bonds is 0. The van der Waals surface area contributed by atoms with Gasteiger partial charge in [0, 0.05) is 10.8 Å². The highest BCUT2D eigenvalue weighted by Crippen LogP contribution is 2.74. The topological polar surface area (TPSA) is 17.1 Å². The molecular weight excluding hydrogens is 208 g/mol. The zero-order valence-corrected chi connectivity index (χ0v) is 11.6. The van der Waals surface area contributed by atoms with Gasteiger partial charge in [-0.05, 0) is 50.0 Å². The Morgan fingerprint density at radius 3 is 2.59 bits per heavy atom. The van der Waals surface area contributed by atoms with E-state index < -0.39 is 0 Å². The third-order valence-electron chi connectivity index (χ3n) is 6.56. The number of hydrogen-bond acceptors (Lipinski definition) is 1. The molecule has 0 heterocycles. The van der Waals surface area contributed by atoms with E-state index in [-0.39, 0.29) is 16.2 Å². The van der Waals surface area contributed by atoms with Gasteiger partial charge in [-0.1, -0.05) is 32.8 Å². The van der Waals surface area contributed by atoms with Gasteiger partial charge in [-0.25, -0.2) is 0 Å². The predicted octanol–water partition coefficient (Wildman–Crippen LogP) is 4.13. The van der Waals surface area contributed by atoms with Gasteiger partial charge in [0.15, 0.2) is 5.78 Å². The van der Waals surface area contributed by atoms with Crippen molar-refractivity contribution < 1.29 is 4.79 Å². The second-order valence-electron chi connectivity index (χ2n) is 7.25. The number of carbonyl (C=O) groups is 1. The summed E-state index contributed by atoms with van der Waals surface area (Å²) in [4.78, 5) is 12.7. The number of hydrogen-bond donors (Lipinski definition) is 0. The van der Waals surface area contributed by atoms with Gasteiger partial charge >= 0.3 is 0 Å². The van der Waals surface area contributed by atoms with Crippen molar-refractivity contribution in [3.8, 4) is 0 Å². The summed E-state index contributed by atoms with van der Waals surface area (Å²) in [5, 5.41) is 0. The normalized spacial score (nSPS) is 47.6. The van der Waals surface area contributed by atoms with E-state index in [2.05, 4.69) is 27.7 Å². The van der Waals surface area contributed by atoms with Gasteiger partial charge in [-0.15, -0.1) is 0 Å². The molecule has 0 amide bonds. The summed E-state index contributed by atoms with van der Waals surface area (Å²) in [7, 11) is 0. The Hall–Kier alpha value is -0.590. The second-order valence-corrected chi connectivity index (χ2v) is 7.25. The van der Waals surface area contributed by atoms with Crippen LogP contribution in [0.15, 0.2) is 11.6 Å². The van der Waals surface area contributed by atoms with Crippen LogP contribution in [0.25, 0.3) is 0 Å². The van der Waals surface area contributed by atoms with Crippen LogP contribution < -0.4 is 0 Å². The van der Waals surface area contributed by atoms with Crippen LogP contribution in [-0.2, 0) is 4.79 Å². The van der Waals surface area contributed by atoms with Crippen molar-refractivity contribution in [2.24, 2.45) is 22.2 Å². The Morgan fingerprint density at radius 1 is 1.24 bits per heavy atom. The molecule has 94 valence electrons. The molecule has 0 unspecified atom stereocenters. The van der Waals surface area contributed by atoms with E-state index in [4.69, 9.17) is 0 Å². The van der Waals surface area contributed by atoms with Gasteiger partial charge in [0.2, 0.25) is 0 Å². The summed E-state index contributed by atoms with van der Waals surface area (Å²) in [6, 6.07) is 0. The summed E-state index contributed by atoms with van der Waals surface area (Å²) >= 11 is 0. The fraction of sp³-hybridized carbons (Fsp3) is 0.812. The smallest absolute Gasteiger partial charge is 0.163 e. The molecule has 17 heavy (non-hydrogen) atoms. The van der Waals surface area contributed by atoms with Crippen molar-refractivity contribution in [1.82, 2.24) is 0 Å². The fourth-order valence-electron chi connectivity index (χ4n) is 5.80. The van der Waals surface area contributed by atoms with E-state index in [1.807, 2.05) is 6.08 Å². The van der Waals surface area contributed by atoms with Gasteiger partial charge in [0.05, 0.1) is 0 Å². The largest absolute Gasteiger partial charge is 0.294 e. The Kier molecular flexibility index (Phi) is 2.06. The van der Waals surface area contributed by atoms with E-state index in [9.17, 15) is 4.79 Å². The molecule has 0 aliphatic heterocycles. The summed E-state index contributed by atoms with van der Waals surface area (Å²) in [6.45, 7) is 9.26. The van der Waals surface area contributed by atoms with Crippen molar-refractivity contribution in [2.75, 3.05) is 0 Å². The minimum Gasteiger partial charge on any atom is -0.294 e. The van der Waals surface area contributed by atoms with Gasteiger partial charge in [-0.2, -0.15) is 0 Å². The standard InChI is InChI=1S/C16H24O/c1-11-6-9-16-13(17)10-12(2)15(11,16)8-5-7-14(16,3)4/h10-11H,5-9H2,1-4H3/t11-,15+,16-/m0/s1. The van der Waals surface area contributed by atoms with Crippen LogP contribution in [-0.4, -0.2) is 5.78 Å².